The normalized spacial score (nSPS) is 30.9. The Bertz CT molecular complexity index is 210. The van der Waals surface area contributed by atoms with E-state index in [1.54, 1.807) is 6.42 Å². The van der Waals surface area contributed by atoms with Crippen molar-refractivity contribution in [1.29, 1.82) is 0 Å². The topological polar surface area (TPSA) is 0 Å². The van der Waals surface area contributed by atoms with Crippen molar-refractivity contribution in [2.24, 2.45) is 11.8 Å². The molecule has 0 aliphatic heterocycles. The first-order valence-corrected chi connectivity index (χ1v) is 8.10. The smallest absolute Gasteiger partial charge is 0.0348 e. The summed E-state index contributed by atoms with van der Waals surface area (Å²) in [6, 6.07) is 0. The first-order valence-electron chi connectivity index (χ1n) is 8.10. The van der Waals surface area contributed by atoms with E-state index in [9.17, 15) is 0 Å². The summed E-state index contributed by atoms with van der Waals surface area (Å²) >= 11 is 0. The Hall–Kier alpha value is -0.260. The van der Waals surface area contributed by atoms with Gasteiger partial charge in [0.05, 0.1) is 0 Å². The van der Waals surface area contributed by atoms with E-state index < -0.39 is 0 Å². The predicted molar refractivity (Wildman–Crippen MR) is 76.1 cm³/mol. The summed E-state index contributed by atoms with van der Waals surface area (Å²) in [4.78, 5) is 0. The summed E-state index contributed by atoms with van der Waals surface area (Å²) in [5.41, 5.74) is 0. The molecule has 0 radical (unpaired) electrons. The summed E-state index contributed by atoms with van der Waals surface area (Å²) in [5.74, 6) is 2.13. The predicted octanol–water partition coefficient (Wildman–Crippen LogP) is 5.87. The standard InChI is InChI=1S/C17H30/c1-2-4-6-8-12-16(11-7-5-3-1)15-17-13-9-10-14-17/h3,5,16-17H,1-2,4,6-15H2/b5-3-. The fraction of sp³-hybridized carbons (Fsp3) is 0.882. The van der Waals surface area contributed by atoms with E-state index in [0.717, 1.165) is 11.8 Å². The average molecular weight is 234 g/mol. The van der Waals surface area contributed by atoms with Crippen LogP contribution < -0.4 is 0 Å². The minimum absolute atomic E-state index is 1.04. The van der Waals surface area contributed by atoms with Gasteiger partial charge in [0.15, 0.2) is 0 Å². The van der Waals surface area contributed by atoms with Crippen molar-refractivity contribution in [3.8, 4) is 0 Å². The zero-order valence-corrected chi connectivity index (χ0v) is 11.5. The SMILES string of the molecule is C1=C\CCC(CC2CCCC2)CCCCCC/1. The zero-order valence-electron chi connectivity index (χ0n) is 11.5. The van der Waals surface area contributed by atoms with Gasteiger partial charge in [-0.15, -0.1) is 0 Å². The number of hydrogen-bond acceptors (Lipinski definition) is 0. The van der Waals surface area contributed by atoms with Crippen LogP contribution in [0.15, 0.2) is 12.2 Å². The highest BCUT2D eigenvalue weighted by Crippen LogP contribution is 2.34. The summed E-state index contributed by atoms with van der Waals surface area (Å²) < 4.78 is 0. The summed E-state index contributed by atoms with van der Waals surface area (Å²) in [6.07, 6.45) is 24.0. The van der Waals surface area contributed by atoms with Crippen LogP contribution in [0.1, 0.15) is 83.5 Å². The molecule has 0 nitrogen and oxygen atoms in total. The number of hydrogen-bond donors (Lipinski definition) is 0. The molecular weight excluding hydrogens is 204 g/mol. The van der Waals surface area contributed by atoms with Gasteiger partial charge in [0.25, 0.3) is 0 Å². The highest BCUT2D eigenvalue weighted by molar-refractivity contribution is 4.83. The van der Waals surface area contributed by atoms with Crippen molar-refractivity contribution in [3.05, 3.63) is 12.2 Å². The van der Waals surface area contributed by atoms with Crippen molar-refractivity contribution in [2.45, 2.75) is 83.5 Å². The van der Waals surface area contributed by atoms with E-state index in [1.165, 1.54) is 77.0 Å². The van der Waals surface area contributed by atoms with Gasteiger partial charge in [-0.25, -0.2) is 0 Å². The third-order valence-electron chi connectivity index (χ3n) is 4.78. The van der Waals surface area contributed by atoms with E-state index in [4.69, 9.17) is 0 Å². The molecule has 17 heavy (non-hydrogen) atoms. The lowest BCUT2D eigenvalue weighted by atomic mass is 9.86. The van der Waals surface area contributed by atoms with Crippen molar-refractivity contribution in [3.63, 3.8) is 0 Å². The molecule has 2 aliphatic carbocycles. The molecule has 2 aliphatic rings. The minimum atomic E-state index is 1.04. The van der Waals surface area contributed by atoms with Gasteiger partial charge in [0, 0.05) is 0 Å². The molecule has 0 aromatic rings. The van der Waals surface area contributed by atoms with Crippen molar-refractivity contribution >= 4 is 0 Å². The van der Waals surface area contributed by atoms with Crippen LogP contribution in [0.3, 0.4) is 0 Å². The second-order valence-corrected chi connectivity index (χ2v) is 6.29. The summed E-state index contributed by atoms with van der Waals surface area (Å²) in [6.45, 7) is 0. The van der Waals surface area contributed by atoms with Gasteiger partial charge in [-0.3, -0.25) is 0 Å². The molecule has 98 valence electrons. The number of rotatable bonds is 2. The molecule has 0 amide bonds. The fourth-order valence-corrected chi connectivity index (χ4v) is 3.71. The van der Waals surface area contributed by atoms with Crippen LogP contribution in [0.25, 0.3) is 0 Å². The van der Waals surface area contributed by atoms with Gasteiger partial charge in [-0.2, -0.15) is 0 Å². The zero-order chi connectivity index (χ0) is 11.8. The highest BCUT2D eigenvalue weighted by Gasteiger charge is 2.19. The molecule has 0 bridgehead atoms. The first kappa shape index (κ1) is 13.2. The maximum atomic E-state index is 2.45. The molecule has 1 unspecified atom stereocenters. The van der Waals surface area contributed by atoms with Gasteiger partial charge < -0.3 is 0 Å². The Labute approximate surface area is 108 Å². The second-order valence-electron chi connectivity index (χ2n) is 6.29. The highest BCUT2D eigenvalue weighted by atomic mass is 14.2. The van der Waals surface area contributed by atoms with E-state index >= 15 is 0 Å². The van der Waals surface area contributed by atoms with Gasteiger partial charge in [-0.05, 0) is 43.9 Å². The van der Waals surface area contributed by atoms with Gasteiger partial charge in [0.2, 0.25) is 0 Å². The van der Waals surface area contributed by atoms with Crippen LogP contribution in [0.5, 0.6) is 0 Å². The quantitative estimate of drug-likeness (QED) is 0.524. The van der Waals surface area contributed by atoms with Crippen LogP contribution in [-0.4, -0.2) is 0 Å². The third-order valence-corrected chi connectivity index (χ3v) is 4.78. The molecule has 0 N–H and O–H groups in total. The van der Waals surface area contributed by atoms with Gasteiger partial charge in [0.1, 0.15) is 0 Å². The van der Waals surface area contributed by atoms with Crippen molar-refractivity contribution in [1.82, 2.24) is 0 Å². The molecular formula is C17H30. The van der Waals surface area contributed by atoms with E-state index in [1.807, 2.05) is 0 Å². The monoisotopic (exact) mass is 234 g/mol. The summed E-state index contributed by atoms with van der Waals surface area (Å²) in [7, 11) is 0. The maximum Gasteiger partial charge on any atom is -0.0348 e. The molecule has 1 atom stereocenters. The molecule has 0 spiro atoms. The lowest BCUT2D eigenvalue weighted by Crippen LogP contribution is -2.06. The van der Waals surface area contributed by atoms with Crippen molar-refractivity contribution < 1.29 is 0 Å². The third kappa shape index (κ3) is 5.27. The Balaban J connectivity index is 1.75. The van der Waals surface area contributed by atoms with Gasteiger partial charge in [-0.1, -0.05) is 63.5 Å². The van der Waals surface area contributed by atoms with Crippen LogP contribution >= 0.6 is 0 Å². The lowest BCUT2D eigenvalue weighted by Gasteiger charge is -2.20. The minimum Gasteiger partial charge on any atom is -0.0885 e. The molecule has 1 fully saturated rings. The van der Waals surface area contributed by atoms with Gasteiger partial charge >= 0.3 is 0 Å². The molecule has 2 rings (SSSR count). The Morgan fingerprint density at radius 1 is 0.588 bits per heavy atom. The Kier molecular flexibility index (Phi) is 6.16. The Morgan fingerprint density at radius 2 is 1.18 bits per heavy atom. The van der Waals surface area contributed by atoms with Crippen LogP contribution in [0.4, 0.5) is 0 Å². The molecule has 0 aromatic carbocycles. The van der Waals surface area contributed by atoms with Crippen LogP contribution in [0, 0.1) is 11.8 Å². The Morgan fingerprint density at radius 3 is 2.00 bits per heavy atom. The summed E-state index contributed by atoms with van der Waals surface area (Å²) in [5, 5.41) is 0. The van der Waals surface area contributed by atoms with Crippen molar-refractivity contribution in [2.75, 3.05) is 0 Å². The lowest BCUT2D eigenvalue weighted by molar-refractivity contribution is 0.331. The molecule has 1 saturated carbocycles. The van der Waals surface area contributed by atoms with E-state index in [0.29, 0.717) is 0 Å². The fourth-order valence-electron chi connectivity index (χ4n) is 3.71. The average Bonchev–Trinajstić information content (AvgIpc) is 2.80. The van der Waals surface area contributed by atoms with Crippen LogP contribution in [-0.2, 0) is 0 Å². The molecule has 0 saturated heterocycles. The second kappa shape index (κ2) is 7.95. The van der Waals surface area contributed by atoms with E-state index in [-0.39, 0.29) is 0 Å². The number of allylic oxidation sites excluding steroid dienone is 2. The van der Waals surface area contributed by atoms with Crippen LogP contribution in [0.2, 0.25) is 0 Å². The molecule has 0 aromatic heterocycles. The first-order chi connectivity index (χ1) is 8.45. The molecule has 0 heteroatoms. The molecule has 0 heterocycles. The maximum absolute atomic E-state index is 2.45. The van der Waals surface area contributed by atoms with E-state index in [2.05, 4.69) is 12.2 Å². The largest absolute Gasteiger partial charge is 0.0885 e.